The van der Waals surface area contributed by atoms with E-state index in [1.54, 1.807) is 0 Å². The summed E-state index contributed by atoms with van der Waals surface area (Å²) in [6.07, 6.45) is 1.23. The zero-order chi connectivity index (χ0) is 7.40. The average molecular weight is 143 g/mol. The number of ether oxygens (including phenoxy) is 1. The van der Waals surface area contributed by atoms with Crippen LogP contribution >= 0.6 is 0 Å². The number of carbonyl (C=O) groups excluding carboxylic acids is 1. The molecule has 1 aliphatic heterocycles. The molecule has 0 aromatic heterocycles. The molecule has 1 saturated heterocycles. The van der Waals surface area contributed by atoms with Gasteiger partial charge in [0.25, 0.3) is 0 Å². The second-order valence-electron chi connectivity index (χ2n) is 2.61. The maximum atomic E-state index is 10.1. The number of morpholine rings is 1. The van der Waals surface area contributed by atoms with Gasteiger partial charge in [0.2, 0.25) is 0 Å². The van der Waals surface area contributed by atoms with Gasteiger partial charge in [0.05, 0.1) is 19.3 Å². The highest BCUT2D eigenvalue weighted by molar-refractivity contribution is 5.51. The number of carbonyl (C=O) groups is 1. The zero-order valence-corrected chi connectivity index (χ0v) is 6.25. The summed E-state index contributed by atoms with van der Waals surface area (Å²) < 4.78 is 5.30. The minimum Gasteiger partial charge on any atom is -0.376 e. The van der Waals surface area contributed by atoms with Gasteiger partial charge in [-0.1, -0.05) is 0 Å². The van der Waals surface area contributed by atoms with E-state index in [-0.39, 0.29) is 6.10 Å². The van der Waals surface area contributed by atoms with Crippen LogP contribution in [0.5, 0.6) is 0 Å². The first-order valence-electron chi connectivity index (χ1n) is 3.60. The molecule has 1 heterocycles. The number of hydrogen-bond acceptors (Lipinski definition) is 3. The number of nitrogens with zero attached hydrogens (tertiary/aromatic N) is 1. The van der Waals surface area contributed by atoms with Crippen molar-refractivity contribution in [2.75, 3.05) is 26.2 Å². The van der Waals surface area contributed by atoms with E-state index in [0.29, 0.717) is 6.54 Å². The maximum absolute atomic E-state index is 10.1. The van der Waals surface area contributed by atoms with Crippen molar-refractivity contribution in [2.45, 2.75) is 13.0 Å². The number of hydrogen-bond donors (Lipinski definition) is 0. The van der Waals surface area contributed by atoms with Gasteiger partial charge in [-0.15, -0.1) is 0 Å². The van der Waals surface area contributed by atoms with Gasteiger partial charge in [0.1, 0.15) is 6.29 Å². The highest BCUT2D eigenvalue weighted by Gasteiger charge is 2.14. The Balaban J connectivity index is 2.24. The molecule has 0 N–H and O–H groups in total. The third kappa shape index (κ3) is 2.08. The first-order chi connectivity index (χ1) is 4.83. The molecule has 0 radical (unpaired) electrons. The Labute approximate surface area is 61.0 Å². The van der Waals surface area contributed by atoms with E-state index < -0.39 is 0 Å². The lowest BCUT2D eigenvalue weighted by Crippen LogP contribution is -2.41. The average Bonchev–Trinajstić information content (AvgIpc) is 1.88. The topological polar surface area (TPSA) is 29.5 Å². The van der Waals surface area contributed by atoms with E-state index in [2.05, 4.69) is 4.90 Å². The minimum absolute atomic E-state index is 0.286. The van der Waals surface area contributed by atoms with Crippen molar-refractivity contribution < 1.29 is 9.53 Å². The van der Waals surface area contributed by atoms with Crippen LogP contribution in [-0.2, 0) is 9.53 Å². The lowest BCUT2D eigenvalue weighted by atomic mass is 10.3. The molecule has 0 aromatic rings. The SMILES string of the molecule is CC1CN(CC=O)CCO1. The van der Waals surface area contributed by atoms with Crippen LogP contribution in [0.25, 0.3) is 0 Å². The Morgan fingerprint density at radius 3 is 3.20 bits per heavy atom. The third-order valence-electron chi connectivity index (χ3n) is 1.66. The van der Waals surface area contributed by atoms with Gasteiger partial charge in [-0.05, 0) is 6.92 Å². The van der Waals surface area contributed by atoms with E-state index in [1.165, 1.54) is 0 Å². The van der Waals surface area contributed by atoms with Gasteiger partial charge in [0.15, 0.2) is 0 Å². The quantitative estimate of drug-likeness (QED) is 0.506. The van der Waals surface area contributed by atoms with Crippen LogP contribution in [0.4, 0.5) is 0 Å². The standard InChI is InChI=1S/C7H13NO2/c1-7-6-8(2-4-9)3-5-10-7/h4,7H,2-3,5-6H2,1H3. The van der Waals surface area contributed by atoms with Gasteiger partial charge < -0.3 is 9.53 Å². The first-order valence-corrected chi connectivity index (χ1v) is 3.60. The molecule has 0 saturated carbocycles. The summed E-state index contributed by atoms with van der Waals surface area (Å²) in [4.78, 5) is 12.2. The third-order valence-corrected chi connectivity index (χ3v) is 1.66. The van der Waals surface area contributed by atoms with Crippen LogP contribution in [0, 0.1) is 0 Å². The van der Waals surface area contributed by atoms with E-state index in [1.807, 2.05) is 6.92 Å². The van der Waals surface area contributed by atoms with Crippen LogP contribution in [0.3, 0.4) is 0 Å². The molecule has 10 heavy (non-hydrogen) atoms. The molecule has 1 fully saturated rings. The summed E-state index contributed by atoms with van der Waals surface area (Å²) in [5.74, 6) is 0. The van der Waals surface area contributed by atoms with Gasteiger partial charge >= 0.3 is 0 Å². The normalized spacial score (nSPS) is 28.3. The molecule has 3 nitrogen and oxygen atoms in total. The fourth-order valence-corrected chi connectivity index (χ4v) is 1.16. The molecule has 1 atom stereocenters. The van der Waals surface area contributed by atoms with Crippen molar-refractivity contribution in [1.29, 1.82) is 0 Å². The van der Waals surface area contributed by atoms with Crippen LogP contribution in [-0.4, -0.2) is 43.5 Å². The summed E-state index contributed by atoms with van der Waals surface area (Å²) in [7, 11) is 0. The molecule has 0 amide bonds. The molecule has 1 unspecified atom stereocenters. The van der Waals surface area contributed by atoms with E-state index in [0.717, 1.165) is 26.0 Å². The Morgan fingerprint density at radius 2 is 2.60 bits per heavy atom. The fraction of sp³-hybridized carbons (Fsp3) is 0.857. The smallest absolute Gasteiger partial charge is 0.133 e. The summed E-state index contributed by atoms with van der Waals surface area (Å²) in [6.45, 7) is 5.11. The lowest BCUT2D eigenvalue weighted by Gasteiger charge is -2.29. The van der Waals surface area contributed by atoms with Gasteiger partial charge in [-0.2, -0.15) is 0 Å². The van der Waals surface area contributed by atoms with Crippen LogP contribution < -0.4 is 0 Å². The van der Waals surface area contributed by atoms with Gasteiger partial charge in [-0.25, -0.2) is 0 Å². The molecule has 1 aliphatic rings. The van der Waals surface area contributed by atoms with Crippen molar-refractivity contribution >= 4 is 6.29 Å². The molecular weight excluding hydrogens is 130 g/mol. The van der Waals surface area contributed by atoms with Crippen molar-refractivity contribution in [3.63, 3.8) is 0 Å². The molecule has 58 valence electrons. The Bertz CT molecular complexity index is 116. The van der Waals surface area contributed by atoms with Crippen molar-refractivity contribution in [3.05, 3.63) is 0 Å². The summed E-state index contributed by atoms with van der Waals surface area (Å²) >= 11 is 0. The first kappa shape index (κ1) is 7.69. The highest BCUT2D eigenvalue weighted by Crippen LogP contribution is 2.01. The predicted molar refractivity (Wildman–Crippen MR) is 37.9 cm³/mol. The molecule has 0 bridgehead atoms. The van der Waals surface area contributed by atoms with Crippen molar-refractivity contribution in [1.82, 2.24) is 4.90 Å². The fourth-order valence-electron chi connectivity index (χ4n) is 1.16. The summed E-state index contributed by atoms with van der Waals surface area (Å²) in [5.41, 5.74) is 0. The Hall–Kier alpha value is -0.410. The van der Waals surface area contributed by atoms with E-state index >= 15 is 0 Å². The Kier molecular flexibility index (Phi) is 2.83. The molecule has 0 aromatic carbocycles. The Morgan fingerprint density at radius 1 is 1.80 bits per heavy atom. The molecule has 0 aliphatic carbocycles. The number of rotatable bonds is 2. The molecule has 1 rings (SSSR count). The largest absolute Gasteiger partial charge is 0.376 e. The molecule has 0 spiro atoms. The van der Waals surface area contributed by atoms with Gasteiger partial charge in [0, 0.05) is 13.1 Å². The van der Waals surface area contributed by atoms with Crippen molar-refractivity contribution in [2.24, 2.45) is 0 Å². The number of aldehydes is 1. The summed E-state index contributed by atoms with van der Waals surface area (Å²) in [5, 5.41) is 0. The second kappa shape index (κ2) is 3.68. The van der Waals surface area contributed by atoms with Crippen LogP contribution in [0.15, 0.2) is 0 Å². The lowest BCUT2D eigenvalue weighted by molar-refractivity contribution is -0.110. The highest BCUT2D eigenvalue weighted by atomic mass is 16.5. The van der Waals surface area contributed by atoms with E-state index in [4.69, 9.17) is 4.74 Å². The minimum atomic E-state index is 0.286. The monoisotopic (exact) mass is 143 g/mol. The maximum Gasteiger partial charge on any atom is 0.133 e. The van der Waals surface area contributed by atoms with Crippen molar-refractivity contribution in [3.8, 4) is 0 Å². The second-order valence-corrected chi connectivity index (χ2v) is 2.61. The molecule has 3 heteroatoms. The molecular formula is C7H13NO2. The zero-order valence-electron chi connectivity index (χ0n) is 6.25. The summed E-state index contributed by atoms with van der Waals surface area (Å²) in [6, 6.07) is 0. The van der Waals surface area contributed by atoms with Crippen LogP contribution in [0.2, 0.25) is 0 Å². The van der Waals surface area contributed by atoms with Crippen LogP contribution in [0.1, 0.15) is 6.92 Å². The van der Waals surface area contributed by atoms with Gasteiger partial charge in [-0.3, -0.25) is 4.90 Å². The predicted octanol–water partition coefficient (Wildman–Crippen LogP) is -0.0940. The van der Waals surface area contributed by atoms with E-state index in [9.17, 15) is 4.79 Å².